The van der Waals surface area contributed by atoms with Gasteiger partial charge in [-0.1, -0.05) is 37.9 Å². The maximum atomic E-state index is 11.4. The third kappa shape index (κ3) is 1.25. The molecule has 0 fully saturated rings. The van der Waals surface area contributed by atoms with E-state index in [1.807, 2.05) is 18.2 Å². The van der Waals surface area contributed by atoms with E-state index in [1.165, 1.54) is 0 Å². The number of hydrogen-bond acceptors (Lipinski definition) is 1. The third-order valence-corrected chi connectivity index (χ3v) is 3.33. The highest BCUT2D eigenvalue weighted by atomic mass is 79.9. The maximum absolute atomic E-state index is 11.4. The van der Waals surface area contributed by atoms with Crippen LogP contribution in [0.5, 0.6) is 0 Å². The van der Waals surface area contributed by atoms with Crippen LogP contribution >= 0.6 is 31.9 Å². The number of ketones is 1. The molecule has 1 nitrogen and oxygen atoms in total. The SMILES string of the molecule is O=C1CC(Br)c2ccc(Br)cc21. The molecule has 0 saturated carbocycles. The molecule has 1 aliphatic rings. The standard InChI is InChI=1S/C9H6Br2O/c10-5-1-2-6-7(3-5)9(12)4-8(6)11/h1-3,8H,4H2. The van der Waals surface area contributed by atoms with Gasteiger partial charge in [0.25, 0.3) is 0 Å². The summed E-state index contributed by atoms with van der Waals surface area (Å²) < 4.78 is 0.969. The third-order valence-electron chi connectivity index (χ3n) is 2.02. The fourth-order valence-corrected chi connectivity index (χ4v) is 2.48. The molecule has 1 aromatic carbocycles. The van der Waals surface area contributed by atoms with Crippen LogP contribution in [-0.2, 0) is 0 Å². The van der Waals surface area contributed by atoms with Crippen LogP contribution in [0.1, 0.15) is 27.2 Å². The van der Waals surface area contributed by atoms with E-state index in [9.17, 15) is 4.79 Å². The van der Waals surface area contributed by atoms with E-state index in [2.05, 4.69) is 31.9 Å². The summed E-state index contributed by atoms with van der Waals surface area (Å²) in [7, 11) is 0. The number of hydrogen-bond donors (Lipinski definition) is 0. The van der Waals surface area contributed by atoms with Crippen molar-refractivity contribution in [2.75, 3.05) is 0 Å². The Morgan fingerprint density at radius 2 is 2.17 bits per heavy atom. The molecule has 0 spiro atoms. The van der Waals surface area contributed by atoms with Gasteiger partial charge in [-0.05, 0) is 17.7 Å². The van der Waals surface area contributed by atoms with Crippen LogP contribution in [0.4, 0.5) is 0 Å². The number of halogens is 2. The van der Waals surface area contributed by atoms with Crippen LogP contribution in [0, 0.1) is 0 Å². The lowest BCUT2D eigenvalue weighted by molar-refractivity contribution is 0.0994. The van der Waals surface area contributed by atoms with Gasteiger partial charge in [0.05, 0.1) is 0 Å². The topological polar surface area (TPSA) is 17.1 Å². The first-order valence-electron chi connectivity index (χ1n) is 3.65. The molecule has 1 aromatic rings. The second kappa shape index (κ2) is 2.96. The van der Waals surface area contributed by atoms with Crippen molar-refractivity contribution >= 4 is 37.6 Å². The Bertz CT molecular complexity index is 346. The van der Waals surface area contributed by atoms with Crippen molar-refractivity contribution in [1.29, 1.82) is 0 Å². The first-order valence-corrected chi connectivity index (χ1v) is 5.36. The molecule has 3 heteroatoms. The summed E-state index contributed by atoms with van der Waals surface area (Å²) >= 11 is 6.81. The molecule has 0 radical (unpaired) electrons. The van der Waals surface area contributed by atoms with Crippen molar-refractivity contribution in [3.05, 3.63) is 33.8 Å². The minimum Gasteiger partial charge on any atom is -0.294 e. The molecule has 0 heterocycles. The summed E-state index contributed by atoms with van der Waals surface area (Å²) in [5, 5.41) is 0. The van der Waals surface area contributed by atoms with Crippen molar-refractivity contribution in [3.8, 4) is 0 Å². The first-order chi connectivity index (χ1) is 5.68. The summed E-state index contributed by atoms with van der Waals surface area (Å²) in [5.74, 6) is 0.230. The summed E-state index contributed by atoms with van der Waals surface area (Å²) in [4.78, 5) is 11.6. The van der Waals surface area contributed by atoms with Gasteiger partial charge in [0.15, 0.2) is 5.78 Å². The number of carbonyl (C=O) groups is 1. The number of rotatable bonds is 0. The van der Waals surface area contributed by atoms with E-state index in [1.54, 1.807) is 0 Å². The van der Waals surface area contributed by atoms with Gasteiger partial charge in [-0.2, -0.15) is 0 Å². The van der Waals surface area contributed by atoms with Crippen LogP contribution in [-0.4, -0.2) is 5.78 Å². The van der Waals surface area contributed by atoms with E-state index in [0.717, 1.165) is 15.6 Å². The number of carbonyl (C=O) groups excluding carboxylic acids is 1. The minimum atomic E-state index is 0.216. The predicted molar refractivity (Wildman–Crippen MR) is 54.8 cm³/mol. The molecule has 0 N–H and O–H groups in total. The lowest BCUT2D eigenvalue weighted by Crippen LogP contribution is -1.89. The first kappa shape index (κ1) is 8.45. The van der Waals surface area contributed by atoms with Crippen molar-refractivity contribution < 1.29 is 4.79 Å². The van der Waals surface area contributed by atoms with Crippen molar-refractivity contribution in [2.24, 2.45) is 0 Å². The molecule has 0 aromatic heterocycles. The zero-order valence-electron chi connectivity index (χ0n) is 6.18. The molecule has 0 saturated heterocycles. The number of Topliss-reactive ketones (excluding diaryl/α,β-unsaturated/α-hetero) is 1. The van der Waals surface area contributed by atoms with Gasteiger partial charge in [0.2, 0.25) is 0 Å². The summed E-state index contributed by atoms with van der Waals surface area (Å²) in [6, 6.07) is 5.84. The fourth-order valence-electron chi connectivity index (χ4n) is 1.43. The number of alkyl halides is 1. The Labute approximate surface area is 87.4 Å². The van der Waals surface area contributed by atoms with Gasteiger partial charge >= 0.3 is 0 Å². The molecule has 1 aliphatic carbocycles. The van der Waals surface area contributed by atoms with Gasteiger partial charge in [-0.25, -0.2) is 0 Å². The zero-order chi connectivity index (χ0) is 8.72. The summed E-state index contributed by atoms with van der Waals surface area (Å²) in [6.45, 7) is 0. The average Bonchev–Trinajstić information content (AvgIpc) is 2.28. The normalized spacial score (nSPS) is 21.2. The zero-order valence-corrected chi connectivity index (χ0v) is 9.35. The quantitative estimate of drug-likeness (QED) is 0.669. The van der Waals surface area contributed by atoms with Crippen molar-refractivity contribution in [1.82, 2.24) is 0 Å². The Hall–Kier alpha value is -0.150. The average molecular weight is 290 g/mol. The Morgan fingerprint density at radius 1 is 1.42 bits per heavy atom. The molecule has 0 aliphatic heterocycles. The molecular formula is C9H6Br2O. The second-order valence-corrected chi connectivity index (χ2v) is 4.85. The molecule has 0 amide bonds. The highest BCUT2D eigenvalue weighted by molar-refractivity contribution is 9.10. The Kier molecular flexibility index (Phi) is 2.09. The van der Waals surface area contributed by atoms with E-state index in [4.69, 9.17) is 0 Å². The number of fused-ring (bicyclic) bond motifs is 1. The predicted octanol–water partition coefficient (Wildman–Crippen LogP) is 3.47. The smallest absolute Gasteiger partial charge is 0.164 e. The highest BCUT2D eigenvalue weighted by Gasteiger charge is 2.26. The highest BCUT2D eigenvalue weighted by Crippen LogP contribution is 2.38. The minimum absolute atomic E-state index is 0.216. The maximum Gasteiger partial charge on any atom is 0.164 e. The molecular weight excluding hydrogens is 284 g/mol. The van der Waals surface area contributed by atoms with E-state index < -0.39 is 0 Å². The van der Waals surface area contributed by atoms with Crippen LogP contribution < -0.4 is 0 Å². The second-order valence-electron chi connectivity index (χ2n) is 2.83. The van der Waals surface area contributed by atoms with Gasteiger partial charge in [-0.3, -0.25) is 4.79 Å². The monoisotopic (exact) mass is 288 g/mol. The largest absolute Gasteiger partial charge is 0.294 e. The van der Waals surface area contributed by atoms with Crippen LogP contribution in [0.15, 0.2) is 22.7 Å². The van der Waals surface area contributed by atoms with Crippen molar-refractivity contribution in [2.45, 2.75) is 11.2 Å². The Balaban J connectivity index is 2.60. The van der Waals surface area contributed by atoms with Crippen molar-refractivity contribution in [3.63, 3.8) is 0 Å². The number of benzene rings is 1. The molecule has 1 atom stereocenters. The van der Waals surface area contributed by atoms with Gasteiger partial charge in [-0.15, -0.1) is 0 Å². The van der Waals surface area contributed by atoms with Crippen LogP contribution in [0.25, 0.3) is 0 Å². The lowest BCUT2D eigenvalue weighted by Gasteiger charge is -2.00. The van der Waals surface area contributed by atoms with Crippen LogP contribution in [0.3, 0.4) is 0 Å². The van der Waals surface area contributed by atoms with Gasteiger partial charge in [0, 0.05) is 21.3 Å². The van der Waals surface area contributed by atoms with Gasteiger partial charge < -0.3 is 0 Å². The molecule has 12 heavy (non-hydrogen) atoms. The lowest BCUT2D eigenvalue weighted by atomic mass is 10.1. The van der Waals surface area contributed by atoms with E-state index in [-0.39, 0.29) is 10.6 Å². The molecule has 62 valence electrons. The molecule has 1 unspecified atom stereocenters. The summed E-state index contributed by atoms with van der Waals surface area (Å²) in [6.07, 6.45) is 0.589. The van der Waals surface area contributed by atoms with E-state index >= 15 is 0 Å². The van der Waals surface area contributed by atoms with Crippen LogP contribution in [0.2, 0.25) is 0 Å². The summed E-state index contributed by atoms with van der Waals surface area (Å²) in [5.41, 5.74) is 1.97. The Morgan fingerprint density at radius 3 is 2.92 bits per heavy atom. The fraction of sp³-hybridized carbons (Fsp3) is 0.222. The molecule has 0 bridgehead atoms. The molecule has 2 rings (SSSR count). The van der Waals surface area contributed by atoms with E-state index in [0.29, 0.717) is 6.42 Å². The van der Waals surface area contributed by atoms with Gasteiger partial charge in [0.1, 0.15) is 0 Å².